The third-order valence-corrected chi connectivity index (χ3v) is 14.8. The lowest BCUT2D eigenvalue weighted by Gasteiger charge is -2.36. The Bertz CT molecular complexity index is 1950. The maximum atomic E-state index is 13.5. The third-order valence-electron chi connectivity index (χ3n) is 10.2. The van der Waals surface area contributed by atoms with E-state index in [4.69, 9.17) is 13.9 Å². The van der Waals surface area contributed by atoms with Gasteiger partial charge in [-0.15, -0.1) is 0 Å². The number of pyridine rings is 2. The smallest absolute Gasteiger partial charge is 0.274 e. The van der Waals surface area contributed by atoms with Gasteiger partial charge in [0.1, 0.15) is 22.9 Å². The quantitative estimate of drug-likeness (QED) is 0.0516. The van der Waals surface area contributed by atoms with Crippen molar-refractivity contribution in [2.24, 2.45) is 0 Å². The minimum absolute atomic E-state index is 0.00282. The topological polar surface area (TPSA) is 156 Å². The van der Waals surface area contributed by atoms with Crippen LogP contribution in [-0.4, -0.2) is 75.2 Å². The molecule has 0 saturated heterocycles. The summed E-state index contributed by atoms with van der Waals surface area (Å²) in [4.78, 5) is 35.7. The standard InChI is InChI=1S/C42H58N6O6Si/c1-27(26-49)44-23-31-25-46-37(21-39(31)53-8)41(51)48-35-17-12-15-33(29(35)3)32-14-11-16-34(28(32)2)47-40(50)36-20-38(52-7)30(24-45-36)22-43-18-13-19-54-55(9,10)42(4,5)6/h11-12,14-17,20-21,24-25,27,43-44,49H,13,18-19,22-23,26H2,1-10H3,(H,47,50)(H,48,51)/t27-/m0/s1. The summed E-state index contributed by atoms with van der Waals surface area (Å²) in [5.41, 5.74) is 6.87. The molecule has 55 heavy (non-hydrogen) atoms. The van der Waals surface area contributed by atoms with Crippen LogP contribution in [0.5, 0.6) is 11.5 Å². The number of nitrogens with zero attached hydrogens (tertiary/aromatic N) is 2. The summed E-state index contributed by atoms with van der Waals surface area (Å²) in [6, 6.07) is 14.6. The zero-order valence-electron chi connectivity index (χ0n) is 34.0. The van der Waals surface area contributed by atoms with Gasteiger partial charge < -0.3 is 40.3 Å². The van der Waals surface area contributed by atoms with E-state index in [9.17, 15) is 14.7 Å². The van der Waals surface area contributed by atoms with Crippen LogP contribution in [0, 0.1) is 13.8 Å². The number of carbonyl (C=O) groups excluding carboxylic acids is 2. The number of nitrogens with one attached hydrogen (secondary N) is 4. The molecule has 0 spiro atoms. The second kappa shape index (κ2) is 19.3. The average molecular weight is 771 g/mol. The van der Waals surface area contributed by atoms with Crippen LogP contribution in [-0.2, 0) is 17.5 Å². The van der Waals surface area contributed by atoms with Crippen molar-refractivity contribution in [1.82, 2.24) is 20.6 Å². The van der Waals surface area contributed by atoms with Crippen molar-refractivity contribution in [2.45, 2.75) is 85.2 Å². The zero-order chi connectivity index (χ0) is 40.3. The van der Waals surface area contributed by atoms with Gasteiger partial charge in [-0.05, 0) is 86.3 Å². The molecule has 0 unspecified atom stereocenters. The molecule has 2 aromatic carbocycles. The summed E-state index contributed by atoms with van der Waals surface area (Å²) in [5, 5.41) is 22.1. The number of amides is 2. The fourth-order valence-corrected chi connectivity index (χ4v) is 6.72. The number of hydrogen-bond acceptors (Lipinski definition) is 10. The van der Waals surface area contributed by atoms with Crippen molar-refractivity contribution in [2.75, 3.05) is 44.6 Å². The number of carbonyl (C=O) groups is 2. The van der Waals surface area contributed by atoms with Crippen molar-refractivity contribution < 1.29 is 28.6 Å². The van der Waals surface area contributed by atoms with Crippen molar-refractivity contribution in [1.29, 1.82) is 0 Å². The van der Waals surface area contributed by atoms with Gasteiger partial charge in [0.25, 0.3) is 11.8 Å². The largest absolute Gasteiger partial charge is 0.496 e. The molecule has 0 radical (unpaired) electrons. The predicted molar refractivity (Wildman–Crippen MR) is 222 cm³/mol. The highest BCUT2D eigenvalue weighted by atomic mass is 28.4. The molecule has 4 rings (SSSR count). The number of benzene rings is 2. The van der Waals surface area contributed by atoms with E-state index >= 15 is 0 Å². The summed E-state index contributed by atoms with van der Waals surface area (Å²) in [6.07, 6.45) is 4.17. The van der Waals surface area contributed by atoms with Gasteiger partial charge in [-0.3, -0.25) is 19.6 Å². The van der Waals surface area contributed by atoms with Gasteiger partial charge >= 0.3 is 0 Å². The van der Waals surface area contributed by atoms with E-state index in [1.54, 1.807) is 38.7 Å². The number of aromatic nitrogens is 2. The van der Waals surface area contributed by atoms with Crippen LogP contribution in [0.15, 0.2) is 60.9 Å². The lowest BCUT2D eigenvalue weighted by molar-refractivity contribution is 0.101. The van der Waals surface area contributed by atoms with E-state index in [2.05, 4.69) is 65.1 Å². The molecular weight excluding hydrogens is 713 g/mol. The number of methoxy groups -OCH3 is 2. The van der Waals surface area contributed by atoms with E-state index in [1.807, 2.05) is 57.2 Å². The number of aliphatic hydroxyl groups excluding tert-OH is 1. The van der Waals surface area contributed by atoms with Gasteiger partial charge in [-0.25, -0.2) is 0 Å². The van der Waals surface area contributed by atoms with Crippen molar-refractivity contribution in [3.8, 4) is 22.6 Å². The number of ether oxygens (including phenoxy) is 2. The van der Waals surface area contributed by atoms with Crippen LogP contribution < -0.4 is 30.7 Å². The van der Waals surface area contributed by atoms with Crippen LogP contribution in [0.4, 0.5) is 11.4 Å². The van der Waals surface area contributed by atoms with Gasteiger partial charge in [0.15, 0.2) is 8.32 Å². The Labute approximate surface area is 327 Å². The highest BCUT2D eigenvalue weighted by molar-refractivity contribution is 6.74. The van der Waals surface area contributed by atoms with E-state index in [-0.39, 0.29) is 40.9 Å². The molecule has 2 amide bonds. The zero-order valence-corrected chi connectivity index (χ0v) is 35.0. The molecule has 0 aliphatic carbocycles. The van der Waals surface area contributed by atoms with E-state index in [1.165, 1.54) is 0 Å². The molecule has 1 atom stereocenters. The first-order chi connectivity index (χ1) is 26.1. The molecule has 2 heterocycles. The maximum absolute atomic E-state index is 13.5. The first-order valence-electron chi connectivity index (χ1n) is 18.7. The fourth-order valence-electron chi connectivity index (χ4n) is 5.64. The third kappa shape index (κ3) is 11.2. The molecule has 5 N–H and O–H groups in total. The summed E-state index contributed by atoms with van der Waals surface area (Å²) in [7, 11) is 1.36. The lowest BCUT2D eigenvalue weighted by Crippen LogP contribution is -2.41. The molecule has 2 aromatic heterocycles. The van der Waals surface area contributed by atoms with Crippen LogP contribution in [0.3, 0.4) is 0 Å². The highest BCUT2D eigenvalue weighted by Gasteiger charge is 2.36. The van der Waals surface area contributed by atoms with Gasteiger partial charge in [0, 0.05) is 72.8 Å². The summed E-state index contributed by atoms with van der Waals surface area (Å²) >= 11 is 0. The highest BCUT2D eigenvalue weighted by Crippen LogP contribution is 2.37. The van der Waals surface area contributed by atoms with Crippen LogP contribution in [0.2, 0.25) is 18.1 Å². The van der Waals surface area contributed by atoms with Crippen molar-refractivity contribution >= 4 is 31.5 Å². The van der Waals surface area contributed by atoms with E-state index in [0.29, 0.717) is 36.0 Å². The molecule has 13 heteroatoms. The Morgan fingerprint density at radius 1 is 0.818 bits per heavy atom. The molecule has 0 aliphatic rings. The number of aliphatic hydroxyl groups is 1. The summed E-state index contributed by atoms with van der Waals surface area (Å²) in [5.74, 6) is 0.370. The number of anilines is 2. The van der Waals surface area contributed by atoms with Crippen LogP contribution in [0.1, 0.15) is 77.3 Å². The Balaban J connectivity index is 1.42. The first-order valence-corrected chi connectivity index (χ1v) is 21.6. The Morgan fingerprint density at radius 2 is 1.31 bits per heavy atom. The SMILES string of the molecule is COc1cc(C(=O)Nc2cccc(-c3cccc(NC(=O)c4cc(OC)c(CN[C@@H](C)CO)cn4)c3C)c2C)ncc1CNCCCO[Si](C)(C)C(C)(C)C. The molecule has 296 valence electrons. The molecule has 0 saturated carbocycles. The molecular formula is C42H58N6O6Si. The van der Waals surface area contributed by atoms with E-state index < -0.39 is 8.32 Å². The average Bonchev–Trinajstić information content (AvgIpc) is 3.16. The second-order valence-corrected chi connectivity index (χ2v) is 20.0. The molecule has 0 bridgehead atoms. The van der Waals surface area contributed by atoms with Gasteiger partial charge in [0.2, 0.25) is 0 Å². The van der Waals surface area contributed by atoms with Crippen molar-refractivity contribution in [3.05, 3.63) is 94.6 Å². The molecule has 0 fully saturated rings. The number of hydrogen-bond donors (Lipinski definition) is 5. The Kier molecular flexibility index (Phi) is 15.1. The number of rotatable bonds is 18. The fraction of sp³-hybridized carbons (Fsp3) is 0.429. The maximum Gasteiger partial charge on any atom is 0.274 e. The summed E-state index contributed by atoms with van der Waals surface area (Å²) in [6.45, 7) is 19.5. The Hall–Kier alpha value is -4.66. The van der Waals surface area contributed by atoms with E-state index in [0.717, 1.165) is 53.0 Å². The summed E-state index contributed by atoms with van der Waals surface area (Å²) < 4.78 is 17.4. The lowest BCUT2D eigenvalue weighted by atomic mass is 9.94. The molecule has 12 nitrogen and oxygen atoms in total. The Morgan fingerprint density at radius 3 is 1.76 bits per heavy atom. The van der Waals surface area contributed by atoms with Crippen LogP contribution in [0.25, 0.3) is 11.1 Å². The van der Waals surface area contributed by atoms with Gasteiger partial charge in [-0.2, -0.15) is 0 Å². The predicted octanol–water partition coefficient (Wildman–Crippen LogP) is 7.25. The molecule has 0 aliphatic heterocycles. The monoisotopic (exact) mass is 770 g/mol. The van der Waals surface area contributed by atoms with Gasteiger partial charge in [0.05, 0.1) is 20.8 Å². The van der Waals surface area contributed by atoms with Gasteiger partial charge in [-0.1, -0.05) is 45.0 Å². The first kappa shape index (κ1) is 43.1. The minimum atomic E-state index is -1.76. The van der Waals surface area contributed by atoms with Crippen LogP contribution >= 0.6 is 0 Å². The normalized spacial score (nSPS) is 12.3. The minimum Gasteiger partial charge on any atom is -0.496 e. The second-order valence-electron chi connectivity index (χ2n) is 15.2. The molecule has 4 aromatic rings. The van der Waals surface area contributed by atoms with Crippen molar-refractivity contribution in [3.63, 3.8) is 0 Å².